The Morgan fingerprint density at radius 3 is 3.00 bits per heavy atom. The molecule has 0 amide bonds. The molecule has 1 N–H and O–H groups in total. The largest absolute Gasteiger partial charge is 0.495 e. The van der Waals surface area contributed by atoms with Crippen molar-refractivity contribution < 1.29 is 4.74 Å². The first kappa shape index (κ1) is 14.5. The lowest BCUT2D eigenvalue weighted by Crippen LogP contribution is -2.09. The number of aromatic nitrogens is 2. The van der Waals surface area contributed by atoms with Crippen LogP contribution in [0.15, 0.2) is 30.6 Å². The number of nitrogens with one attached hydrogen (secondary N) is 1. The van der Waals surface area contributed by atoms with E-state index in [-0.39, 0.29) is 0 Å². The van der Waals surface area contributed by atoms with Gasteiger partial charge in [0.15, 0.2) is 0 Å². The standard InChI is InChI=1S/C18H19N3OS/c1-11-7-8-12-15(9-11)23-18-16(12)17(19-10-20-18)21-13-5-3-4-6-14(13)22-2/h3-6,10-11H,7-9H2,1-2H3,(H,19,20,21). The number of fused-ring (bicyclic) bond motifs is 3. The number of thiophene rings is 1. The molecule has 0 aliphatic heterocycles. The topological polar surface area (TPSA) is 47.0 Å². The number of aryl methyl sites for hydroxylation is 1. The molecule has 4 nitrogen and oxygen atoms in total. The average molecular weight is 325 g/mol. The second kappa shape index (κ2) is 5.81. The Labute approximate surface area is 139 Å². The molecular weight excluding hydrogens is 306 g/mol. The average Bonchev–Trinajstić information content (AvgIpc) is 2.93. The lowest BCUT2D eigenvalue weighted by Gasteiger charge is -2.18. The van der Waals surface area contributed by atoms with E-state index >= 15 is 0 Å². The van der Waals surface area contributed by atoms with Crippen LogP contribution in [0.5, 0.6) is 5.75 Å². The number of para-hydroxylation sites is 2. The second-order valence-corrected chi connectivity index (χ2v) is 7.16. The second-order valence-electron chi connectivity index (χ2n) is 6.08. The number of hydrogen-bond acceptors (Lipinski definition) is 5. The number of ether oxygens (including phenoxy) is 1. The first-order valence-electron chi connectivity index (χ1n) is 7.91. The third-order valence-electron chi connectivity index (χ3n) is 4.45. The van der Waals surface area contributed by atoms with Crippen LogP contribution < -0.4 is 10.1 Å². The fraction of sp³-hybridized carbons (Fsp3) is 0.333. The van der Waals surface area contributed by atoms with Crippen molar-refractivity contribution in [2.24, 2.45) is 5.92 Å². The number of rotatable bonds is 3. The predicted octanol–water partition coefficient (Wildman–Crippen LogP) is 4.57. The molecule has 1 aliphatic rings. The molecule has 3 aromatic rings. The Hall–Kier alpha value is -2.14. The monoisotopic (exact) mass is 325 g/mol. The number of benzene rings is 1. The maximum atomic E-state index is 5.43. The third kappa shape index (κ3) is 2.55. The SMILES string of the molecule is COc1ccccc1Nc1ncnc2sc3c(c12)CCC(C)C3. The summed E-state index contributed by atoms with van der Waals surface area (Å²) < 4.78 is 5.43. The molecule has 1 unspecified atom stereocenters. The van der Waals surface area contributed by atoms with Crippen LogP contribution in [0.3, 0.4) is 0 Å². The Morgan fingerprint density at radius 2 is 2.13 bits per heavy atom. The molecule has 0 radical (unpaired) electrons. The highest BCUT2D eigenvalue weighted by atomic mass is 32.1. The predicted molar refractivity (Wildman–Crippen MR) is 94.9 cm³/mol. The zero-order chi connectivity index (χ0) is 15.8. The molecule has 118 valence electrons. The van der Waals surface area contributed by atoms with Gasteiger partial charge < -0.3 is 10.1 Å². The van der Waals surface area contributed by atoms with Gasteiger partial charge in [-0.25, -0.2) is 9.97 Å². The van der Waals surface area contributed by atoms with Gasteiger partial charge in [-0.05, 0) is 42.9 Å². The van der Waals surface area contributed by atoms with Crippen molar-refractivity contribution in [3.05, 3.63) is 41.0 Å². The Bertz CT molecular complexity index is 859. The van der Waals surface area contributed by atoms with Crippen molar-refractivity contribution in [3.8, 4) is 5.75 Å². The van der Waals surface area contributed by atoms with Crippen LogP contribution in [0.1, 0.15) is 23.8 Å². The number of hydrogen-bond donors (Lipinski definition) is 1. The van der Waals surface area contributed by atoms with Gasteiger partial charge in [0.25, 0.3) is 0 Å². The van der Waals surface area contributed by atoms with E-state index in [4.69, 9.17) is 4.74 Å². The number of methoxy groups -OCH3 is 1. The Morgan fingerprint density at radius 1 is 1.26 bits per heavy atom. The summed E-state index contributed by atoms with van der Waals surface area (Å²) in [5.74, 6) is 2.46. The molecule has 5 heteroatoms. The molecule has 2 aromatic heterocycles. The fourth-order valence-electron chi connectivity index (χ4n) is 3.25. The smallest absolute Gasteiger partial charge is 0.142 e. The van der Waals surface area contributed by atoms with Crippen molar-refractivity contribution in [2.45, 2.75) is 26.2 Å². The maximum absolute atomic E-state index is 5.43. The van der Waals surface area contributed by atoms with Crippen LogP contribution in [-0.2, 0) is 12.8 Å². The summed E-state index contributed by atoms with van der Waals surface area (Å²) >= 11 is 1.82. The van der Waals surface area contributed by atoms with E-state index in [1.807, 2.05) is 35.6 Å². The van der Waals surface area contributed by atoms with Crippen molar-refractivity contribution >= 4 is 33.1 Å². The number of anilines is 2. The minimum absolute atomic E-state index is 0.758. The van der Waals surface area contributed by atoms with Gasteiger partial charge in [-0.2, -0.15) is 0 Å². The van der Waals surface area contributed by atoms with Gasteiger partial charge in [-0.1, -0.05) is 19.1 Å². The molecule has 0 saturated carbocycles. The third-order valence-corrected chi connectivity index (χ3v) is 5.61. The van der Waals surface area contributed by atoms with Crippen molar-refractivity contribution in [3.63, 3.8) is 0 Å². The highest BCUT2D eigenvalue weighted by Gasteiger charge is 2.23. The lowest BCUT2D eigenvalue weighted by atomic mass is 9.89. The molecule has 0 saturated heterocycles. The van der Waals surface area contributed by atoms with Gasteiger partial charge in [0.05, 0.1) is 18.2 Å². The minimum atomic E-state index is 0.758. The summed E-state index contributed by atoms with van der Waals surface area (Å²) in [7, 11) is 1.68. The van der Waals surface area contributed by atoms with Crippen molar-refractivity contribution in [1.29, 1.82) is 0 Å². The van der Waals surface area contributed by atoms with Crippen molar-refractivity contribution in [2.75, 3.05) is 12.4 Å². The maximum Gasteiger partial charge on any atom is 0.142 e. The lowest BCUT2D eigenvalue weighted by molar-refractivity contribution is 0.417. The summed E-state index contributed by atoms with van der Waals surface area (Å²) in [6.07, 6.45) is 5.15. The van der Waals surface area contributed by atoms with E-state index in [0.29, 0.717) is 0 Å². The zero-order valence-electron chi connectivity index (χ0n) is 13.3. The van der Waals surface area contributed by atoms with Crippen LogP contribution in [0, 0.1) is 5.92 Å². The van der Waals surface area contributed by atoms with E-state index in [0.717, 1.165) is 40.8 Å². The van der Waals surface area contributed by atoms with E-state index in [1.54, 1.807) is 13.4 Å². The van der Waals surface area contributed by atoms with Gasteiger partial charge >= 0.3 is 0 Å². The van der Waals surface area contributed by atoms with Crippen LogP contribution in [0.25, 0.3) is 10.2 Å². The molecule has 4 rings (SSSR count). The summed E-state index contributed by atoms with van der Waals surface area (Å²) in [6.45, 7) is 2.33. The first-order valence-corrected chi connectivity index (χ1v) is 8.73. The molecular formula is C18H19N3OS. The number of nitrogens with zero attached hydrogens (tertiary/aromatic N) is 2. The van der Waals surface area contributed by atoms with Crippen LogP contribution in [-0.4, -0.2) is 17.1 Å². The summed E-state index contributed by atoms with van der Waals surface area (Å²) in [5.41, 5.74) is 2.36. The zero-order valence-corrected chi connectivity index (χ0v) is 14.1. The molecule has 1 aromatic carbocycles. The van der Waals surface area contributed by atoms with E-state index in [1.165, 1.54) is 22.2 Å². The quantitative estimate of drug-likeness (QED) is 0.766. The Balaban J connectivity index is 1.81. The van der Waals surface area contributed by atoms with Crippen LogP contribution in [0.2, 0.25) is 0 Å². The highest BCUT2D eigenvalue weighted by molar-refractivity contribution is 7.19. The normalized spacial score (nSPS) is 17.0. The molecule has 0 spiro atoms. The molecule has 0 fully saturated rings. The van der Waals surface area contributed by atoms with Gasteiger partial charge in [0.1, 0.15) is 22.7 Å². The van der Waals surface area contributed by atoms with Gasteiger partial charge in [-0.3, -0.25) is 0 Å². The van der Waals surface area contributed by atoms with Crippen LogP contribution in [0.4, 0.5) is 11.5 Å². The molecule has 1 atom stereocenters. The summed E-state index contributed by atoms with van der Waals surface area (Å²) in [4.78, 5) is 11.6. The van der Waals surface area contributed by atoms with Crippen molar-refractivity contribution in [1.82, 2.24) is 9.97 Å². The summed E-state index contributed by atoms with van der Waals surface area (Å²) in [6, 6.07) is 7.92. The fourth-order valence-corrected chi connectivity index (χ4v) is 4.60. The molecule has 2 heterocycles. The van der Waals surface area contributed by atoms with E-state index in [9.17, 15) is 0 Å². The summed E-state index contributed by atoms with van der Waals surface area (Å²) in [5, 5.41) is 4.63. The van der Waals surface area contributed by atoms with Crippen LogP contribution >= 0.6 is 11.3 Å². The van der Waals surface area contributed by atoms with Gasteiger partial charge in [0.2, 0.25) is 0 Å². The molecule has 0 bridgehead atoms. The first-order chi connectivity index (χ1) is 11.3. The van der Waals surface area contributed by atoms with Gasteiger partial charge in [-0.15, -0.1) is 11.3 Å². The molecule has 23 heavy (non-hydrogen) atoms. The molecule has 1 aliphatic carbocycles. The van der Waals surface area contributed by atoms with E-state index < -0.39 is 0 Å². The van der Waals surface area contributed by atoms with Gasteiger partial charge in [0, 0.05) is 4.88 Å². The Kier molecular flexibility index (Phi) is 3.65. The minimum Gasteiger partial charge on any atom is -0.495 e. The highest BCUT2D eigenvalue weighted by Crippen LogP contribution is 2.40. The van der Waals surface area contributed by atoms with E-state index in [2.05, 4.69) is 22.2 Å².